The lowest BCUT2D eigenvalue weighted by Gasteiger charge is -2.28. The van der Waals surface area contributed by atoms with Crippen LogP contribution in [0, 0.1) is 0 Å². The van der Waals surface area contributed by atoms with Crippen LogP contribution in [-0.4, -0.2) is 29.4 Å². The average molecular weight is 379 g/mol. The Hall–Kier alpha value is -0.453. The van der Waals surface area contributed by atoms with Crippen molar-refractivity contribution in [1.29, 1.82) is 0 Å². The minimum atomic E-state index is -1.70. The molecule has 0 N–H and O–H groups in total. The van der Waals surface area contributed by atoms with Crippen LogP contribution in [0.25, 0.3) is 5.57 Å². The Morgan fingerprint density at radius 3 is 2.00 bits per heavy atom. The molecule has 4 heteroatoms. The van der Waals surface area contributed by atoms with Crippen molar-refractivity contribution >= 4 is 43.0 Å². The van der Waals surface area contributed by atoms with Gasteiger partial charge < -0.3 is 0 Å². The molecule has 0 bridgehead atoms. The van der Waals surface area contributed by atoms with Gasteiger partial charge in [0.2, 0.25) is 0 Å². The predicted octanol–water partition coefficient (Wildman–Crippen LogP) is 6.27. The molecule has 0 saturated heterocycles. The van der Waals surface area contributed by atoms with Crippen molar-refractivity contribution in [1.82, 2.24) is 0 Å². The van der Waals surface area contributed by atoms with Gasteiger partial charge >= 0.3 is 0 Å². The van der Waals surface area contributed by atoms with Crippen LogP contribution >= 0.6 is 23.5 Å². The summed E-state index contributed by atoms with van der Waals surface area (Å²) < 4.78 is -0.285. The maximum atomic E-state index is 13.6. The Balaban J connectivity index is 2.49. The van der Waals surface area contributed by atoms with Crippen LogP contribution in [0.3, 0.4) is 0 Å². The zero-order chi connectivity index (χ0) is 17.8. The summed E-state index contributed by atoms with van der Waals surface area (Å²) in [5.41, 5.74) is 2.58. The fourth-order valence-corrected chi connectivity index (χ4v) is 8.29. The van der Waals surface area contributed by atoms with Gasteiger partial charge in [0.1, 0.15) is 4.08 Å². The van der Waals surface area contributed by atoms with E-state index in [1.807, 2.05) is 23.5 Å². The first-order valence-corrected chi connectivity index (χ1v) is 14.4. The highest BCUT2D eigenvalue weighted by Crippen LogP contribution is 2.54. The molecule has 0 atom stereocenters. The van der Waals surface area contributed by atoms with Gasteiger partial charge in [-0.3, -0.25) is 4.79 Å². The van der Waals surface area contributed by atoms with E-state index in [2.05, 4.69) is 63.8 Å². The zero-order valence-electron chi connectivity index (χ0n) is 15.6. The van der Waals surface area contributed by atoms with Crippen LogP contribution in [0.15, 0.2) is 35.5 Å². The van der Waals surface area contributed by atoms with Crippen molar-refractivity contribution in [3.05, 3.63) is 41.1 Å². The minimum Gasteiger partial charge on any atom is -0.292 e. The molecular weight excluding hydrogens is 348 g/mol. The molecule has 0 saturated carbocycles. The van der Waals surface area contributed by atoms with E-state index in [0.29, 0.717) is 5.78 Å². The first kappa shape index (κ1) is 19.9. The number of carbonyl (C=O) groups excluding carboxylic acids is 1. The largest absolute Gasteiger partial charge is 0.292 e. The van der Waals surface area contributed by atoms with Gasteiger partial charge in [-0.25, -0.2) is 0 Å². The SMILES string of the molecule is CCCSC1(SCCC)CC(c2ccccc2)=C([Si](C)(C)C)C1=O. The first-order valence-electron chi connectivity index (χ1n) is 8.97. The molecular formula is C20H30OS2Si. The summed E-state index contributed by atoms with van der Waals surface area (Å²) in [6.45, 7) is 11.3. The third kappa shape index (κ3) is 4.20. The average Bonchev–Trinajstić information content (AvgIpc) is 2.85. The topological polar surface area (TPSA) is 17.1 Å². The smallest absolute Gasteiger partial charge is 0.181 e. The second-order valence-electron chi connectivity index (χ2n) is 7.43. The molecule has 24 heavy (non-hydrogen) atoms. The van der Waals surface area contributed by atoms with Gasteiger partial charge in [0.25, 0.3) is 0 Å². The normalized spacial score (nSPS) is 17.6. The van der Waals surface area contributed by atoms with Crippen LogP contribution < -0.4 is 0 Å². The zero-order valence-corrected chi connectivity index (χ0v) is 18.3. The fourth-order valence-electron chi connectivity index (χ4n) is 3.22. The highest BCUT2D eigenvalue weighted by Gasteiger charge is 2.50. The van der Waals surface area contributed by atoms with Crippen LogP contribution in [0.2, 0.25) is 19.6 Å². The number of Topliss-reactive ketones (excluding diaryl/α,β-unsaturated/α-hetero) is 1. The summed E-state index contributed by atoms with van der Waals surface area (Å²) in [4.78, 5) is 13.6. The number of rotatable bonds is 8. The van der Waals surface area contributed by atoms with E-state index in [4.69, 9.17) is 0 Å². The van der Waals surface area contributed by atoms with E-state index < -0.39 is 8.07 Å². The van der Waals surface area contributed by atoms with Gasteiger partial charge in [-0.2, -0.15) is 0 Å². The Bertz CT molecular complexity index is 594. The molecule has 0 unspecified atom stereocenters. The highest BCUT2D eigenvalue weighted by molar-refractivity contribution is 8.19. The molecule has 2 rings (SSSR count). The lowest BCUT2D eigenvalue weighted by Crippen LogP contribution is -2.36. The molecule has 1 aliphatic carbocycles. The number of thioether (sulfide) groups is 2. The molecule has 0 heterocycles. The van der Waals surface area contributed by atoms with Crippen molar-refractivity contribution in [3.8, 4) is 0 Å². The van der Waals surface area contributed by atoms with Gasteiger partial charge in [-0.05, 0) is 40.7 Å². The van der Waals surface area contributed by atoms with Crippen LogP contribution in [0.5, 0.6) is 0 Å². The van der Waals surface area contributed by atoms with E-state index in [9.17, 15) is 4.79 Å². The summed E-state index contributed by atoms with van der Waals surface area (Å²) in [7, 11) is -1.70. The van der Waals surface area contributed by atoms with E-state index in [1.54, 1.807) is 0 Å². The molecule has 0 radical (unpaired) electrons. The van der Waals surface area contributed by atoms with Crippen LogP contribution in [0.1, 0.15) is 38.7 Å². The van der Waals surface area contributed by atoms with Gasteiger partial charge in [0, 0.05) is 6.42 Å². The lowest BCUT2D eigenvalue weighted by molar-refractivity contribution is -0.114. The number of hydrogen-bond donors (Lipinski definition) is 0. The summed E-state index contributed by atoms with van der Waals surface area (Å²) in [5, 5.41) is 1.18. The van der Waals surface area contributed by atoms with Gasteiger partial charge in [0.15, 0.2) is 5.78 Å². The number of ketones is 1. The monoisotopic (exact) mass is 378 g/mol. The standard InChI is InChI=1S/C20H30OS2Si/c1-6-13-22-20(23-14-7-2)15-17(16-11-9-8-10-12-16)18(19(20)21)24(3,4)5/h8-12H,6-7,13-15H2,1-5H3. The Labute approximate surface area is 157 Å². The molecule has 1 nitrogen and oxygen atoms in total. The molecule has 0 spiro atoms. The molecule has 1 aromatic rings. The van der Waals surface area contributed by atoms with Gasteiger partial charge in [0.05, 0.1) is 8.07 Å². The Kier molecular flexibility index (Phi) is 6.86. The van der Waals surface area contributed by atoms with E-state index >= 15 is 0 Å². The number of benzene rings is 1. The number of hydrogen-bond acceptors (Lipinski definition) is 3. The summed E-state index contributed by atoms with van der Waals surface area (Å²) in [6, 6.07) is 10.6. The maximum Gasteiger partial charge on any atom is 0.181 e. The third-order valence-corrected chi connectivity index (χ3v) is 9.79. The molecule has 0 aliphatic heterocycles. The molecule has 0 amide bonds. The molecule has 1 aliphatic rings. The molecule has 0 fully saturated rings. The van der Waals surface area contributed by atoms with Crippen molar-refractivity contribution in [3.63, 3.8) is 0 Å². The quantitative estimate of drug-likeness (QED) is 0.392. The van der Waals surface area contributed by atoms with Gasteiger partial charge in [-0.15, -0.1) is 23.5 Å². The van der Waals surface area contributed by atoms with E-state index in [1.165, 1.54) is 16.3 Å². The molecule has 1 aromatic carbocycles. The fraction of sp³-hybridized carbons (Fsp3) is 0.550. The minimum absolute atomic E-state index is 0.285. The number of carbonyl (C=O) groups is 1. The predicted molar refractivity (Wildman–Crippen MR) is 115 cm³/mol. The van der Waals surface area contributed by atoms with Crippen LogP contribution in [0.4, 0.5) is 0 Å². The molecule has 132 valence electrons. The maximum absolute atomic E-state index is 13.6. The van der Waals surface area contributed by atoms with Crippen molar-refractivity contribution in [2.24, 2.45) is 0 Å². The van der Waals surface area contributed by atoms with Gasteiger partial charge in [-0.1, -0.05) is 63.8 Å². The van der Waals surface area contributed by atoms with Crippen molar-refractivity contribution < 1.29 is 4.79 Å². The van der Waals surface area contributed by atoms with Crippen molar-refractivity contribution in [2.45, 2.75) is 56.8 Å². The first-order chi connectivity index (χ1) is 11.4. The third-order valence-electron chi connectivity index (χ3n) is 4.24. The summed E-state index contributed by atoms with van der Waals surface area (Å²) in [5.74, 6) is 2.55. The Morgan fingerprint density at radius 2 is 1.54 bits per heavy atom. The Morgan fingerprint density at radius 1 is 1.00 bits per heavy atom. The van der Waals surface area contributed by atoms with E-state index in [0.717, 1.165) is 30.8 Å². The summed E-state index contributed by atoms with van der Waals surface area (Å²) in [6.07, 6.45) is 3.13. The summed E-state index contributed by atoms with van der Waals surface area (Å²) >= 11 is 3.78. The molecule has 0 aromatic heterocycles. The van der Waals surface area contributed by atoms with Crippen LogP contribution in [-0.2, 0) is 4.79 Å². The highest BCUT2D eigenvalue weighted by atomic mass is 32.2. The second kappa shape index (κ2) is 8.28. The van der Waals surface area contributed by atoms with E-state index in [-0.39, 0.29) is 4.08 Å². The lowest BCUT2D eigenvalue weighted by atomic mass is 10.1. The van der Waals surface area contributed by atoms with Crippen molar-refractivity contribution in [2.75, 3.05) is 11.5 Å². The number of allylic oxidation sites excluding steroid dienone is 2. The second-order valence-corrected chi connectivity index (χ2v) is 15.5.